The Bertz CT molecular complexity index is 333. The maximum absolute atomic E-state index is 12.1. The highest BCUT2D eigenvalue weighted by molar-refractivity contribution is 9.10. The minimum Gasteiger partial charge on any atom is -0.298 e. The Labute approximate surface area is 143 Å². The maximum Gasteiger partial charge on any atom is 0.173 e. The van der Waals surface area contributed by atoms with Crippen molar-refractivity contribution in [1.29, 1.82) is 0 Å². The molecule has 1 unspecified atom stereocenters. The van der Waals surface area contributed by atoms with Crippen molar-refractivity contribution in [3.05, 3.63) is 0 Å². The van der Waals surface area contributed by atoms with Crippen LogP contribution in [0.15, 0.2) is 0 Å². The van der Waals surface area contributed by atoms with Gasteiger partial charge in [0.15, 0.2) is 14.4 Å². The Morgan fingerprint density at radius 1 is 1.05 bits per heavy atom. The van der Waals surface area contributed by atoms with Crippen LogP contribution in [0.1, 0.15) is 58.3 Å². The molecule has 0 aromatic heterocycles. The molecule has 6 heteroatoms. The van der Waals surface area contributed by atoms with Crippen molar-refractivity contribution in [1.82, 2.24) is 0 Å². The lowest BCUT2D eigenvalue weighted by atomic mass is 9.97. The van der Waals surface area contributed by atoms with E-state index >= 15 is 0 Å². The molecule has 0 radical (unpaired) electrons. The third-order valence-electron chi connectivity index (χ3n) is 3.66. The van der Waals surface area contributed by atoms with Gasteiger partial charge < -0.3 is 0 Å². The lowest BCUT2D eigenvalue weighted by Crippen LogP contribution is -2.47. The van der Waals surface area contributed by atoms with Crippen molar-refractivity contribution in [2.45, 2.75) is 71.3 Å². The summed E-state index contributed by atoms with van der Waals surface area (Å²) in [6, 6.07) is 0. The van der Waals surface area contributed by atoms with E-state index in [0.717, 1.165) is 19.3 Å². The van der Waals surface area contributed by atoms with E-state index in [0.29, 0.717) is 6.42 Å². The van der Waals surface area contributed by atoms with Crippen molar-refractivity contribution in [2.24, 2.45) is 0 Å². The lowest BCUT2D eigenvalue weighted by Gasteiger charge is -2.35. The highest BCUT2D eigenvalue weighted by atomic mass is 79.9. The average molecular weight is 413 g/mol. The van der Waals surface area contributed by atoms with Crippen LogP contribution in [0.4, 0.5) is 0 Å². The molecule has 1 atom stereocenters. The van der Waals surface area contributed by atoms with Crippen molar-refractivity contribution < 1.29 is 4.79 Å². The molecule has 1 aliphatic rings. The summed E-state index contributed by atoms with van der Waals surface area (Å²) in [5.41, 5.74) is 0. The number of unbranched alkanes of at least 4 members (excludes halogenated alkanes) is 5. The van der Waals surface area contributed by atoms with Gasteiger partial charge in [0, 0.05) is 6.42 Å². The van der Waals surface area contributed by atoms with Gasteiger partial charge in [-0.3, -0.25) is 4.79 Å². The molecule has 1 fully saturated rings. The van der Waals surface area contributed by atoms with E-state index in [4.69, 9.17) is 46.4 Å². The molecule has 0 amide bonds. The first kappa shape index (κ1) is 18.4. The molecule has 1 nitrogen and oxygen atoms in total. The van der Waals surface area contributed by atoms with E-state index in [2.05, 4.69) is 22.9 Å². The van der Waals surface area contributed by atoms with Crippen LogP contribution in [-0.4, -0.2) is 18.8 Å². The molecule has 112 valence electrons. The number of alkyl halides is 5. The van der Waals surface area contributed by atoms with Crippen molar-refractivity contribution in [3.8, 4) is 0 Å². The van der Waals surface area contributed by atoms with Gasteiger partial charge in [-0.15, -0.1) is 0 Å². The fraction of sp³-hybridized carbons (Fsp3) is 0.923. The molecule has 1 saturated carbocycles. The number of ketones is 1. The number of halogens is 5. The molecule has 0 aromatic carbocycles. The standard InChI is InChI=1S/C13H19BrCl4O/c1-2-3-4-5-6-7-8-11(14)10(19)9-12(15,16)13(11,17)18/h2-9H2,1H3. The first-order valence-electron chi connectivity index (χ1n) is 6.67. The summed E-state index contributed by atoms with van der Waals surface area (Å²) in [4.78, 5) is 12.1. The van der Waals surface area contributed by atoms with Gasteiger partial charge in [-0.25, -0.2) is 0 Å². The average Bonchev–Trinajstić information content (AvgIpc) is 2.42. The molecular formula is C13H19BrCl4O. The van der Waals surface area contributed by atoms with Crippen LogP contribution in [0, 0.1) is 0 Å². The summed E-state index contributed by atoms with van der Waals surface area (Å²) in [6.07, 6.45) is 7.33. The fourth-order valence-corrected chi connectivity index (χ4v) is 4.45. The first-order valence-corrected chi connectivity index (χ1v) is 8.97. The van der Waals surface area contributed by atoms with Gasteiger partial charge in [0.2, 0.25) is 0 Å². The second-order valence-corrected chi connectivity index (χ2v) is 9.36. The van der Waals surface area contributed by atoms with E-state index in [1.807, 2.05) is 0 Å². The molecule has 0 N–H and O–H groups in total. The van der Waals surface area contributed by atoms with E-state index in [9.17, 15) is 4.79 Å². The molecule has 0 aromatic rings. The highest BCUT2D eigenvalue weighted by Crippen LogP contribution is 2.62. The molecule has 19 heavy (non-hydrogen) atoms. The summed E-state index contributed by atoms with van der Waals surface area (Å²) in [5.74, 6) is -0.115. The topological polar surface area (TPSA) is 17.1 Å². The van der Waals surface area contributed by atoms with Gasteiger partial charge in [0.1, 0.15) is 4.32 Å². The maximum atomic E-state index is 12.1. The summed E-state index contributed by atoms with van der Waals surface area (Å²) < 4.78 is -3.96. The monoisotopic (exact) mass is 410 g/mol. The van der Waals surface area contributed by atoms with E-state index in [1.54, 1.807) is 0 Å². The van der Waals surface area contributed by atoms with Crippen LogP contribution in [0.2, 0.25) is 0 Å². The van der Waals surface area contributed by atoms with Crippen LogP contribution in [0.5, 0.6) is 0 Å². The molecule has 0 saturated heterocycles. The van der Waals surface area contributed by atoms with Crippen LogP contribution >= 0.6 is 62.3 Å². The third-order valence-corrected chi connectivity index (χ3v) is 8.06. The minimum absolute atomic E-state index is 0.0236. The van der Waals surface area contributed by atoms with Gasteiger partial charge in [0.05, 0.1) is 0 Å². The predicted octanol–water partition coefficient (Wildman–Crippen LogP) is 6.19. The Morgan fingerprint density at radius 2 is 1.58 bits per heavy atom. The van der Waals surface area contributed by atoms with Crippen molar-refractivity contribution in [3.63, 3.8) is 0 Å². The van der Waals surface area contributed by atoms with Crippen molar-refractivity contribution in [2.75, 3.05) is 0 Å². The first-order chi connectivity index (χ1) is 8.69. The second-order valence-electron chi connectivity index (χ2n) is 5.20. The number of carbonyl (C=O) groups is 1. The Balaban J connectivity index is 2.53. The van der Waals surface area contributed by atoms with E-state index in [1.165, 1.54) is 19.3 Å². The molecule has 0 heterocycles. The quantitative estimate of drug-likeness (QED) is 0.360. The minimum atomic E-state index is -1.50. The fourth-order valence-electron chi connectivity index (χ4n) is 2.36. The van der Waals surface area contributed by atoms with Gasteiger partial charge in [-0.2, -0.15) is 0 Å². The zero-order valence-electron chi connectivity index (χ0n) is 11.0. The smallest absolute Gasteiger partial charge is 0.173 e. The Hall–Kier alpha value is 1.31. The molecule has 0 spiro atoms. The molecule has 1 rings (SSSR count). The molecule has 0 bridgehead atoms. The largest absolute Gasteiger partial charge is 0.298 e. The number of rotatable bonds is 7. The predicted molar refractivity (Wildman–Crippen MR) is 88.1 cm³/mol. The normalized spacial score (nSPS) is 28.8. The van der Waals surface area contributed by atoms with Gasteiger partial charge in [-0.1, -0.05) is 108 Å². The number of hydrogen-bond donors (Lipinski definition) is 0. The van der Waals surface area contributed by atoms with Gasteiger partial charge >= 0.3 is 0 Å². The van der Waals surface area contributed by atoms with E-state index < -0.39 is 13.0 Å². The number of hydrogen-bond acceptors (Lipinski definition) is 1. The SMILES string of the molecule is CCCCCCCCC1(Br)C(=O)CC(Cl)(Cl)C1(Cl)Cl. The summed E-state index contributed by atoms with van der Waals surface area (Å²) in [6.45, 7) is 2.18. The van der Waals surface area contributed by atoms with Crippen LogP contribution in [0.3, 0.4) is 0 Å². The molecule has 0 aliphatic heterocycles. The Kier molecular flexibility index (Phi) is 6.81. The number of carbonyl (C=O) groups excluding carboxylic acids is 1. The van der Waals surface area contributed by atoms with Gasteiger partial charge in [0.25, 0.3) is 0 Å². The number of Topliss-reactive ketones (excluding diaryl/α,β-unsaturated/α-hetero) is 1. The van der Waals surface area contributed by atoms with Gasteiger partial charge in [-0.05, 0) is 6.42 Å². The summed E-state index contributed by atoms with van der Waals surface area (Å²) in [7, 11) is 0. The van der Waals surface area contributed by atoms with Crippen LogP contribution in [-0.2, 0) is 4.79 Å². The zero-order chi connectivity index (χ0) is 14.7. The van der Waals surface area contributed by atoms with Crippen LogP contribution < -0.4 is 0 Å². The highest BCUT2D eigenvalue weighted by Gasteiger charge is 2.69. The third kappa shape index (κ3) is 3.74. The zero-order valence-corrected chi connectivity index (χ0v) is 15.6. The summed E-state index contributed by atoms with van der Waals surface area (Å²) >= 11 is 28.1. The van der Waals surface area contributed by atoms with Crippen LogP contribution in [0.25, 0.3) is 0 Å². The Morgan fingerprint density at radius 3 is 2.05 bits per heavy atom. The second kappa shape index (κ2) is 7.05. The summed E-state index contributed by atoms with van der Waals surface area (Å²) in [5, 5.41) is 0. The molecular weight excluding hydrogens is 394 g/mol. The lowest BCUT2D eigenvalue weighted by molar-refractivity contribution is -0.119. The van der Waals surface area contributed by atoms with E-state index in [-0.39, 0.29) is 12.2 Å². The molecule has 1 aliphatic carbocycles. The van der Waals surface area contributed by atoms with Crippen molar-refractivity contribution >= 4 is 68.1 Å².